The number of azo groups is 1. The van der Waals surface area contributed by atoms with Crippen molar-refractivity contribution in [2.45, 2.75) is 90.1 Å². The van der Waals surface area contributed by atoms with Gasteiger partial charge in [-0.05, 0) is 53.4 Å². The maximum Gasteiger partial charge on any atom is 0.303 e. The van der Waals surface area contributed by atoms with E-state index in [2.05, 4.69) is 20.9 Å². The monoisotopic (exact) mass is 426 g/mol. The Labute approximate surface area is 179 Å². The number of carbonyl (C=O) groups is 2. The fraction of sp³-hybridized carbons (Fsp3) is 0.800. The summed E-state index contributed by atoms with van der Waals surface area (Å²) < 4.78 is 0. The first-order chi connectivity index (χ1) is 13.9. The van der Waals surface area contributed by atoms with Crippen molar-refractivity contribution in [3.05, 3.63) is 0 Å². The van der Waals surface area contributed by atoms with Crippen LogP contribution in [0.3, 0.4) is 0 Å². The van der Waals surface area contributed by atoms with Gasteiger partial charge in [0.25, 0.3) is 0 Å². The fourth-order valence-corrected chi connectivity index (χ4v) is 2.37. The average Bonchev–Trinajstić information content (AvgIpc) is 2.64. The van der Waals surface area contributed by atoms with E-state index in [0.717, 1.165) is 25.7 Å². The normalized spacial score (nSPS) is 12.0. The molecule has 0 rings (SSSR count). The summed E-state index contributed by atoms with van der Waals surface area (Å²) in [6.45, 7) is 8.22. The summed E-state index contributed by atoms with van der Waals surface area (Å²) in [5.74, 6) is -1.15. The van der Waals surface area contributed by atoms with Crippen LogP contribution in [0.5, 0.6) is 0 Å². The van der Waals surface area contributed by atoms with Crippen molar-refractivity contribution in [2.24, 2.45) is 10.2 Å². The van der Waals surface area contributed by atoms with Crippen LogP contribution in [0.15, 0.2) is 10.2 Å². The minimum atomic E-state index is -0.866. The lowest BCUT2D eigenvalue weighted by Gasteiger charge is -2.25. The maximum atomic E-state index is 10.5. The minimum absolute atomic E-state index is 0.161. The van der Waals surface area contributed by atoms with E-state index in [-0.39, 0.29) is 24.5 Å². The molecule has 10 heteroatoms. The third-order valence-corrected chi connectivity index (χ3v) is 4.51. The molecule has 0 aromatic rings. The standard InChI is InChI=1S/C20H38N6O4/c1-19(2,17(21)23-13-9-5-7-11-15(27)28)25-26-20(3,4)18(22)24-14-10-6-8-12-16(29)30/h5-14H2,1-4H3,(H2,21,23)(H2,22,24)(H,27,28)(H,29,30). The van der Waals surface area contributed by atoms with Gasteiger partial charge in [0.05, 0.1) is 0 Å². The Balaban J connectivity index is 4.35. The Hall–Kier alpha value is -2.52. The quantitative estimate of drug-likeness (QED) is 0.0955. The summed E-state index contributed by atoms with van der Waals surface area (Å²) in [5.41, 5.74) is -1.73. The van der Waals surface area contributed by atoms with Gasteiger partial charge in [0, 0.05) is 25.9 Å². The van der Waals surface area contributed by atoms with Crippen molar-refractivity contribution in [1.82, 2.24) is 10.6 Å². The molecule has 0 atom stereocenters. The van der Waals surface area contributed by atoms with Crippen molar-refractivity contribution < 1.29 is 19.8 Å². The second-order valence-corrected chi connectivity index (χ2v) is 8.33. The molecule has 0 bridgehead atoms. The van der Waals surface area contributed by atoms with E-state index >= 15 is 0 Å². The molecule has 6 N–H and O–H groups in total. The van der Waals surface area contributed by atoms with E-state index in [0.29, 0.717) is 25.9 Å². The number of nitrogens with one attached hydrogen (secondary N) is 4. The smallest absolute Gasteiger partial charge is 0.303 e. The van der Waals surface area contributed by atoms with Gasteiger partial charge >= 0.3 is 11.9 Å². The van der Waals surface area contributed by atoms with Gasteiger partial charge in [-0.15, -0.1) is 0 Å². The number of aliphatic carboxylic acids is 2. The average molecular weight is 427 g/mol. The lowest BCUT2D eigenvalue weighted by atomic mass is 10.0. The zero-order valence-electron chi connectivity index (χ0n) is 18.7. The maximum absolute atomic E-state index is 10.5. The van der Waals surface area contributed by atoms with E-state index in [9.17, 15) is 9.59 Å². The molecular formula is C20H38N6O4. The SMILES string of the molecule is CC(C)(N=NC(C)(C)C(=N)NCCCCCC(=O)O)C(=N)NCCCCCC(=O)O. The molecule has 30 heavy (non-hydrogen) atoms. The molecule has 0 aliphatic heterocycles. The van der Waals surface area contributed by atoms with E-state index < -0.39 is 23.0 Å². The highest BCUT2D eigenvalue weighted by atomic mass is 16.4. The number of hydrogen-bond donors (Lipinski definition) is 6. The number of hydrogen-bond acceptors (Lipinski definition) is 6. The molecular weight excluding hydrogens is 388 g/mol. The van der Waals surface area contributed by atoms with Crippen LogP contribution < -0.4 is 10.6 Å². The zero-order valence-corrected chi connectivity index (χ0v) is 18.7. The Morgan fingerprint density at radius 3 is 1.33 bits per heavy atom. The molecule has 0 saturated heterocycles. The van der Waals surface area contributed by atoms with Gasteiger partial charge in [-0.3, -0.25) is 20.4 Å². The van der Waals surface area contributed by atoms with E-state index in [4.69, 9.17) is 21.0 Å². The van der Waals surface area contributed by atoms with Crippen molar-refractivity contribution in [1.29, 1.82) is 10.8 Å². The summed E-state index contributed by atoms with van der Waals surface area (Å²) in [6.07, 6.45) is 4.67. The van der Waals surface area contributed by atoms with Gasteiger partial charge in [0.15, 0.2) is 0 Å². The van der Waals surface area contributed by atoms with Crippen LogP contribution in [0.25, 0.3) is 0 Å². The lowest BCUT2D eigenvalue weighted by molar-refractivity contribution is -0.138. The van der Waals surface area contributed by atoms with E-state index in [1.54, 1.807) is 27.7 Å². The second-order valence-electron chi connectivity index (χ2n) is 8.33. The van der Waals surface area contributed by atoms with Gasteiger partial charge in [-0.1, -0.05) is 12.8 Å². The van der Waals surface area contributed by atoms with Crippen LogP contribution in [0.4, 0.5) is 0 Å². The molecule has 10 nitrogen and oxygen atoms in total. The van der Waals surface area contributed by atoms with Crippen LogP contribution in [0, 0.1) is 10.8 Å². The molecule has 0 aliphatic carbocycles. The molecule has 172 valence electrons. The first kappa shape index (κ1) is 27.5. The number of rotatable bonds is 16. The van der Waals surface area contributed by atoms with Crippen LogP contribution >= 0.6 is 0 Å². The van der Waals surface area contributed by atoms with Crippen LogP contribution in [-0.4, -0.2) is 58.0 Å². The van der Waals surface area contributed by atoms with Crippen molar-refractivity contribution in [3.63, 3.8) is 0 Å². The summed E-state index contributed by atoms with van der Waals surface area (Å²) in [7, 11) is 0. The van der Waals surface area contributed by atoms with Crippen molar-refractivity contribution in [2.75, 3.05) is 13.1 Å². The lowest BCUT2D eigenvalue weighted by Crippen LogP contribution is -2.43. The highest BCUT2D eigenvalue weighted by Crippen LogP contribution is 2.17. The molecule has 0 spiro atoms. The molecule has 0 aromatic carbocycles. The van der Waals surface area contributed by atoms with Gasteiger partial charge in [0.2, 0.25) is 0 Å². The number of carboxylic acids is 2. The van der Waals surface area contributed by atoms with Gasteiger partial charge in [-0.2, -0.15) is 10.2 Å². The highest BCUT2D eigenvalue weighted by molar-refractivity contribution is 5.89. The first-order valence-electron chi connectivity index (χ1n) is 10.4. The van der Waals surface area contributed by atoms with Gasteiger partial charge in [-0.25, -0.2) is 0 Å². The predicted molar refractivity (Wildman–Crippen MR) is 117 cm³/mol. The summed E-state index contributed by atoms with van der Waals surface area (Å²) >= 11 is 0. The second kappa shape index (κ2) is 13.7. The number of carboxylic acid groups (broad SMARTS) is 2. The number of unbranched alkanes of at least 4 members (excludes halogenated alkanes) is 4. The molecule has 0 fully saturated rings. The first-order valence-corrected chi connectivity index (χ1v) is 10.4. The molecule has 0 radical (unpaired) electrons. The number of nitrogens with zero attached hydrogens (tertiary/aromatic N) is 2. The molecule has 0 aliphatic rings. The minimum Gasteiger partial charge on any atom is -0.481 e. The van der Waals surface area contributed by atoms with Gasteiger partial charge in [0.1, 0.15) is 22.7 Å². The summed E-state index contributed by atoms with van der Waals surface area (Å²) in [6, 6.07) is 0. The Kier molecular flexibility index (Phi) is 12.5. The van der Waals surface area contributed by atoms with Crippen molar-refractivity contribution in [3.8, 4) is 0 Å². The highest BCUT2D eigenvalue weighted by Gasteiger charge is 2.28. The van der Waals surface area contributed by atoms with Gasteiger partial charge < -0.3 is 20.8 Å². The molecule has 0 saturated carbocycles. The third-order valence-electron chi connectivity index (χ3n) is 4.51. The largest absolute Gasteiger partial charge is 0.481 e. The summed E-state index contributed by atoms with van der Waals surface area (Å²) in [5, 5.41) is 48.2. The molecule has 0 amide bonds. The Morgan fingerprint density at radius 2 is 1.03 bits per heavy atom. The van der Waals surface area contributed by atoms with Crippen LogP contribution in [0.1, 0.15) is 79.1 Å². The van der Waals surface area contributed by atoms with Crippen LogP contribution in [-0.2, 0) is 9.59 Å². The zero-order chi connectivity index (χ0) is 23.2. The topological polar surface area (TPSA) is 171 Å². The van der Waals surface area contributed by atoms with Crippen LogP contribution in [0.2, 0.25) is 0 Å². The Morgan fingerprint density at radius 1 is 0.700 bits per heavy atom. The van der Waals surface area contributed by atoms with E-state index in [1.807, 2.05) is 0 Å². The molecule has 0 unspecified atom stereocenters. The summed E-state index contributed by atoms with van der Waals surface area (Å²) in [4.78, 5) is 21.0. The van der Waals surface area contributed by atoms with E-state index in [1.165, 1.54) is 0 Å². The third kappa shape index (κ3) is 12.8. The predicted octanol–water partition coefficient (Wildman–Crippen LogP) is 3.42. The van der Waals surface area contributed by atoms with Crippen molar-refractivity contribution >= 4 is 23.6 Å². The molecule has 0 heterocycles. The Bertz CT molecular complexity index is 564. The molecule has 0 aromatic heterocycles. The number of amidine groups is 2. The fourth-order valence-electron chi connectivity index (χ4n) is 2.37.